The summed E-state index contributed by atoms with van der Waals surface area (Å²) in [4.78, 5) is 4.70. The van der Waals surface area contributed by atoms with Crippen LogP contribution in [0.15, 0.2) is 78.9 Å². The van der Waals surface area contributed by atoms with Gasteiger partial charge < -0.3 is 10.1 Å². The van der Waals surface area contributed by atoms with Crippen molar-refractivity contribution in [3.63, 3.8) is 0 Å². The molecular formula is C22H20N4O. The maximum Gasteiger partial charge on any atom is 0.128 e. The number of pyridine rings is 1. The molecule has 4 aromatic rings. The predicted molar refractivity (Wildman–Crippen MR) is 108 cm³/mol. The molecule has 0 unspecified atom stereocenters. The van der Waals surface area contributed by atoms with Crippen LogP contribution in [0.5, 0.6) is 5.75 Å². The van der Waals surface area contributed by atoms with Crippen LogP contribution >= 0.6 is 0 Å². The molecular weight excluding hydrogens is 336 g/mol. The van der Waals surface area contributed by atoms with E-state index in [4.69, 9.17) is 9.72 Å². The van der Waals surface area contributed by atoms with Crippen molar-refractivity contribution in [3.8, 4) is 28.3 Å². The van der Waals surface area contributed by atoms with Gasteiger partial charge in [-0.05, 0) is 35.9 Å². The third kappa shape index (κ3) is 3.82. The van der Waals surface area contributed by atoms with Crippen LogP contribution in [0.1, 0.15) is 5.69 Å². The van der Waals surface area contributed by atoms with Crippen molar-refractivity contribution in [2.45, 2.75) is 6.54 Å². The maximum absolute atomic E-state index is 5.44. The Balaban J connectivity index is 1.49. The fourth-order valence-electron chi connectivity index (χ4n) is 2.94. The average molecular weight is 356 g/mol. The first-order valence-corrected chi connectivity index (χ1v) is 8.77. The fourth-order valence-corrected chi connectivity index (χ4v) is 2.94. The van der Waals surface area contributed by atoms with Crippen LogP contribution in [0, 0.1) is 0 Å². The summed E-state index contributed by atoms with van der Waals surface area (Å²) in [5.74, 6) is 1.60. The number of hydrogen-bond donors (Lipinski definition) is 2. The predicted octanol–water partition coefficient (Wildman–Crippen LogP) is 4.76. The zero-order valence-electron chi connectivity index (χ0n) is 15.0. The van der Waals surface area contributed by atoms with Gasteiger partial charge in [0.2, 0.25) is 0 Å². The summed E-state index contributed by atoms with van der Waals surface area (Å²) in [5, 5.41) is 10.8. The van der Waals surface area contributed by atoms with Gasteiger partial charge in [-0.1, -0.05) is 48.5 Å². The highest BCUT2D eigenvalue weighted by atomic mass is 16.5. The minimum absolute atomic E-state index is 0.589. The second-order valence-electron chi connectivity index (χ2n) is 6.10. The Morgan fingerprint density at radius 3 is 2.59 bits per heavy atom. The lowest BCUT2D eigenvalue weighted by molar-refractivity contribution is 0.416. The molecule has 0 atom stereocenters. The topological polar surface area (TPSA) is 62.8 Å². The lowest BCUT2D eigenvalue weighted by Gasteiger charge is -2.09. The molecule has 0 aliphatic rings. The first-order valence-electron chi connectivity index (χ1n) is 8.77. The minimum atomic E-state index is 0.589. The molecule has 0 aliphatic heterocycles. The molecule has 0 saturated carbocycles. The second kappa shape index (κ2) is 7.74. The van der Waals surface area contributed by atoms with Crippen LogP contribution in [0.25, 0.3) is 22.5 Å². The number of anilines is 1. The van der Waals surface area contributed by atoms with Crippen molar-refractivity contribution in [1.82, 2.24) is 15.2 Å². The van der Waals surface area contributed by atoms with Crippen molar-refractivity contribution in [2.24, 2.45) is 0 Å². The van der Waals surface area contributed by atoms with E-state index in [2.05, 4.69) is 27.6 Å². The van der Waals surface area contributed by atoms with E-state index in [1.807, 2.05) is 66.7 Å². The normalized spacial score (nSPS) is 10.6. The van der Waals surface area contributed by atoms with Crippen molar-refractivity contribution >= 4 is 5.82 Å². The maximum atomic E-state index is 5.44. The molecule has 4 rings (SSSR count). The summed E-state index contributed by atoms with van der Waals surface area (Å²) >= 11 is 0. The number of para-hydroxylation sites is 1. The van der Waals surface area contributed by atoms with E-state index in [-0.39, 0.29) is 0 Å². The molecule has 0 saturated heterocycles. The van der Waals surface area contributed by atoms with Gasteiger partial charge in [0, 0.05) is 5.56 Å². The van der Waals surface area contributed by atoms with E-state index in [1.165, 1.54) is 0 Å². The number of methoxy groups -OCH3 is 1. The van der Waals surface area contributed by atoms with Crippen LogP contribution in [0.3, 0.4) is 0 Å². The molecule has 5 nitrogen and oxygen atoms in total. The summed E-state index contributed by atoms with van der Waals surface area (Å²) in [6.07, 6.45) is 0. The Bertz CT molecular complexity index is 1030. The largest absolute Gasteiger partial charge is 0.496 e. The van der Waals surface area contributed by atoms with Gasteiger partial charge in [-0.15, -0.1) is 0 Å². The molecule has 2 aromatic heterocycles. The van der Waals surface area contributed by atoms with Gasteiger partial charge in [-0.2, -0.15) is 5.10 Å². The summed E-state index contributed by atoms with van der Waals surface area (Å²) < 4.78 is 5.44. The molecule has 0 amide bonds. The van der Waals surface area contributed by atoms with Gasteiger partial charge >= 0.3 is 0 Å². The number of H-pyrrole nitrogens is 1. The first-order chi connectivity index (χ1) is 13.3. The van der Waals surface area contributed by atoms with Crippen molar-refractivity contribution in [2.75, 3.05) is 12.4 Å². The highest BCUT2D eigenvalue weighted by Gasteiger charge is 2.08. The number of hydrogen-bond acceptors (Lipinski definition) is 4. The minimum Gasteiger partial charge on any atom is -0.496 e. The average Bonchev–Trinajstić information content (AvgIpc) is 3.22. The van der Waals surface area contributed by atoms with Crippen LogP contribution in [-0.4, -0.2) is 22.3 Å². The third-order valence-electron chi connectivity index (χ3n) is 4.30. The number of nitrogens with zero attached hydrogens (tertiary/aromatic N) is 2. The first kappa shape index (κ1) is 16.8. The van der Waals surface area contributed by atoms with E-state index in [0.717, 1.165) is 39.8 Å². The zero-order chi connectivity index (χ0) is 18.5. The smallest absolute Gasteiger partial charge is 0.128 e. The van der Waals surface area contributed by atoms with Gasteiger partial charge in [-0.3, -0.25) is 5.10 Å². The number of aromatic nitrogens is 3. The summed E-state index contributed by atoms with van der Waals surface area (Å²) in [5.41, 5.74) is 4.88. The molecule has 0 fully saturated rings. The summed E-state index contributed by atoms with van der Waals surface area (Å²) in [6, 6.07) is 26.0. The second-order valence-corrected chi connectivity index (χ2v) is 6.10. The molecule has 0 bridgehead atoms. The highest BCUT2D eigenvalue weighted by molar-refractivity contribution is 5.68. The summed E-state index contributed by atoms with van der Waals surface area (Å²) in [6.45, 7) is 0.589. The molecule has 134 valence electrons. The van der Waals surface area contributed by atoms with E-state index in [9.17, 15) is 0 Å². The van der Waals surface area contributed by atoms with Crippen molar-refractivity contribution in [3.05, 3.63) is 84.6 Å². The lowest BCUT2D eigenvalue weighted by Crippen LogP contribution is -2.02. The Kier molecular flexibility index (Phi) is 4.83. The van der Waals surface area contributed by atoms with Crippen LogP contribution in [-0.2, 0) is 6.54 Å². The molecule has 0 aliphatic carbocycles. The van der Waals surface area contributed by atoms with Gasteiger partial charge in [-0.25, -0.2) is 4.98 Å². The number of nitrogens with one attached hydrogen (secondary N) is 2. The van der Waals surface area contributed by atoms with Crippen molar-refractivity contribution in [1.29, 1.82) is 0 Å². The van der Waals surface area contributed by atoms with Crippen molar-refractivity contribution < 1.29 is 4.74 Å². The SMILES string of the molecule is COc1ccccc1-c1cccc(NCc2cc(-c3ccccc3)[nH]n2)n1. The number of aromatic amines is 1. The molecule has 0 spiro atoms. The van der Waals surface area contributed by atoms with Gasteiger partial charge in [0.1, 0.15) is 11.6 Å². The van der Waals surface area contributed by atoms with Gasteiger partial charge in [0.15, 0.2) is 0 Å². The molecule has 2 aromatic carbocycles. The van der Waals surface area contributed by atoms with Crippen LogP contribution in [0.2, 0.25) is 0 Å². The Morgan fingerprint density at radius 1 is 0.926 bits per heavy atom. The van der Waals surface area contributed by atoms with E-state index < -0.39 is 0 Å². The van der Waals surface area contributed by atoms with Gasteiger partial charge in [0.25, 0.3) is 0 Å². The lowest BCUT2D eigenvalue weighted by atomic mass is 10.1. The van der Waals surface area contributed by atoms with Gasteiger partial charge in [0.05, 0.1) is 30.7 Å². The van der Waals surface area contributed by atoms with E-state index in [0.29, 0.717) is 6.54 Å². The Labute approximate surface area is 158 Å². The van der Waals surface area contributed by atoms with E-state index >= 15 is 0 Å². The van der Waals surface area contributed by atoms with Crippen LogP contribution < -0.4 is 10.1 Å². The Hall–Kier alpha value is -3.60. The molecule has 2 heterocycles. The fraction of sp³-hybridized carbons (Fsp3) is 0.0909. The Morgan fingerprint density at radius 2 is 1.74 bits per heavy atom. The molecule has 2 N–H and O–H groups in total. The monoisotopic (exact) mass is 356 g/mol. The quantitative estimate of drug-likeness (QED) is 0.523. The zero-order valence-corrected chi connectivity index (χ0v) is 15.0. The van der Waals surface area contributed by atoms with Crippen LogP contribution in [0.4, 0.5) is 5.82 Å². The molecule has 5 heteroatoms. The number of ether oxygens (including phenoxy) is 1. The number of benzene rings is 2. The number of rotatable bonds is 6. The molecule has 27 heavy (non-hydrogen) atoms. The standard InChI is InChI=1S/C22H20N4O/c1-27-21-12-6-5-10-18(21)19-11-7-13-22(24-19)23-15-17-14-20(26-25-17)16-8-3-2-4-9-16/h2-14H,15H2,1H3,(H,23,24)(H,25,26). The third-order valence-corrected chi connectivity index (χ3v) is 4.30. The van der Waals surface area contributed by atoms with E-state index in [1.54, 1.807) is 7.11 Å². The molecule has 0 radical (unpaired) electrons. The highest BCUT2D eigenvalue weighted by Crippen LogP contribution is 2.28. The summed E-state index contributed by atoms with van der Waals surface area (Å²) in [7, 11) is 1.67.